The molecule has 1 N–H and O–H groups in total. The van der Waals surface area contributed by atoms with Crippen molar-refractivity contribution in [1.29, 1.82) is 0 Å². The first kappa shape index (κ1) is 17.6. The fraction of sp³-hybridized carbons (Fsp3) is 0.167. The van der Waals surface area contributed by atoms with E-state index in [4.69, 9.17) is 9.47 Å². The second-order valence-electron chi connectivity index (χ2n) is 5.70. The van der Waals surface area contributed by atoms with Crippen LogP contribution in [0.25, 0.3) is 6.08 Å². The maximum absolute atomic E-state index is 13.7. The molecule has 1 heterocycles. The molecule has 1 aliphatic heterocycles. The summed E-state index contributed by atoms with van der Waals surface area (Å²) in [4.78, 5) is 22.6. The van der Waals surface area contributed by atoms with Crippen molar-refractivity contribution in [3.05, 3.63) is 69.0 Å². The van der Waals surface area contributed by atoms with E-state index in [1.807, 2.05) is 0 Å². The summed E-state index contributed by atoms with van der Waals surface area (Å²) in [6.07, 6.45) is 2.56. The number of nitrogens with zero attached hydrogens (tertiary/aromatic N) is 1. The van der Waals surface area contributed by atoms with Gasteiger partial charge in [0.25, 0.3) is 5.69 Å². The van der Waals surface area contributed by atoms with Gasteiger partial charge in [-0.3, -0.25) is 14.9 Å². The lowest BCUT2D eigenvalue weighted by molar-refractivity contribution is -0.385. The van der Waals surface area contributed by atoms with E-state index in [0.717, 1.165) is 5.56 Å². The standard InChI is InChI=1S/C18H15FN2O5/c1-11-2-4-15(19)16(6-11)20-17(22)5-3-12-7-14(21(23)24)8-13-9-25-10-26-18(12)13/h2-8H,9-10H2,1H3,(H,20,22)/b5-3+. The predicted octanol–water partition coefficient (Wildman–Crippen LogP) is 3.56. The van der Waals surface area contributed by atoms with Gasteiger partial charge in [0, 0.05) is 29.3 Å². The van der Waals surface area contributed by atoms with Crippen molar-refractivity contribution < 1.29 is 23.6 Å². The van der Waals surface area contributed by atoms with Gasteiger partial charge >= 0.3 is 0 Å². The fourth-order valence-electron chi connectivity index (χ4n) is 2.54. The Labute approximate surface area is 148 Å². The van der Waals surface area contributed by atoms with Gasteiger partial charge < -0.3 is 14.8 Å². The molecule has 26 heavy (non-hydrogen) atoms. The molecule has 2 aromatic rings. The molecule has 0 atom stereocenters. The van der Waals surface area contributed by atoms with E-state index in [0.29, 0.717) is 16.9 Å². The minimum Gasteiger partial charge on any atom is -0.467 e. The summed E-state index contributed by atoms with van der Waals surface area (Å²) in [6.45, 7) is 1.98. The second kappa shape index (κ2) is 7.32. The number of carbonyl (C=O) groups is 1. The Bertz CT molecular complexity index is 911. The predicted molar refractivity (Wildman–Crippen MR) is 92.2 cm³/mol. The molecule has 0 bridgehead atoms. The molecular formula is C18H15FN2O5. The first-order valence-electron chi connectivity index (χ1n) is 7.71. The number of benzene rings is 2. The Balaban J connectivity index is 1.85. The molecule has 2 aromatic carbocycles. The van der Waals surface area contributed by atoms with Gasteiger partial charge in [-0.05, 0) is 30.7 Å². The summed E-state index contributed by atoms with van der Waals surface area (Å²) in [7, 11) is 0. The van der Waals surface area contributed by atoms with Gasteiger partial charge in [-0.1, -0.05) is 6.07 Å². The van der Waals surface area contributed by atoms with Gasteiger partial charge in [0.1, 0.15) is 11.6 Å². The molecule has 134 valence electrons. The summed E-state index contributed by atoms with van der Waals surface area (Å²) in [5.41, 5.74) is 1.62. The average Bonchev–Trinajstić information content (AvgIpc) is 2.62. The Morgan fingerprint density at radius 1 is 1.35 bits per heavy atom. The van der Waals surface area contributed by atoms with Gasteiger partial charge in [0.05, 0.1) is 17.2 Å². The van der Waals surface area contributed by atoms with Crippen LogP contribution in [0.1, 0.15) is 16.7 Å². The van der Waals surface area contributed by atoms with Crippen molar-refractivity contribution in [3.63, 3.8) is 0 Å². The van der Waals surface area contributed by atoms with Crippen molar-refractivity contribution in [3.8, 4) is 5.75 Å². The zero-order chi connectivity index (χ0) is 18.7. The normalized spacial score (nSPS) is 13.2. The highest BCUT2D eigenvalue weighted by Gasteiger charge is 2.19. The number of nitro benzene ring substituents is 1. The number of anilines is 1. The van der Waals surface area contributed by atoms with Crippen molar-refractivity contribution in [2.45, 2.75) is 13.5 Å². The highest BCUT2D eigenvalue weighted by atomic mass is 19.1. The number of hydrogen-bond donors (Lipinski definition) is 1. The van der Waals surface area contributed by atoms with Crippen molar-refractivity contribution >= 4 is 23.4 Å². The maximum atomic E-state index is 13.7. The smallest absolute Gasteiger partial charge is 0.270 e. The number of nitro groups is 1. The number of non-ortho nitro benzene ring substituents is 1. The first-order valence-corrected chi connectivity index (χ1v) is 7.71. The molecule has 0 spiro atoms. The largest absolute Gasteiger partial charge is 0.467 e. The number of rotatable bonds is 4. The van der Waals surface area contributed by atoms with Crippen LogP contribution < -0.4 is 10.1 Å². The molecule has 8 heteroatoms. The summed E-state index contributed by atoms with van der Waals surface area (Å²) >= 11 is 0. The topological polar surface area (TPSA) is 90.7 Å². The second-order valence-corrected chi connectivity index (χ2v) is 5.70. The molecule has 0 unspecified atom stereocenters. The molecule has 0 aliphatic carbocycles. The molecule has 0 aromatic heterocycles. The Kier molecular flexibility index (Phi) is 4.94. The Morgan fingerprint density at radius 2 is 2.15 bits per heavy atom. The van der Waals surface area contributed by atoms with Crippen LogP contribution in [0.2, 0.25) is 0 Å². The Morgan fingerprint density at radius 3 is 2.92 bits per heavy atom. The van der Waals surface area contributed by atoms with E-state index in [1.165, 1.54) is 36.4 Å². The van der Waals surface area contributed by atoms with E-state index in [2.05, 4.69) is 5.32 Å². The lowest BCUT2D eigenvalue weighted by Crippen LogP contribution is -2.13. The quantitative estimate of drug-likeness (QED) is 0.513. The SMILES string of the molecule is Cc1ccc(F)c(NC(=O)/C=C/c2cc([N+](=O)[O-])cc3c2OCOC3)c1. The summed E-state index contributed by atoms with van der Waals surface area (Å²) in [6, 6.07) is 7.04. The molecule has 3 rings (SSSR count). The number of ether oxygens (including phenoxy) is 2. The number of amides is 1. The van der Waals surface area contributed by atoms with E-state index < -0.39 is 16.6 Å². The molecule has 1 amide bonds. The zero-order valence-electron chi connectivity index (χ0n) is 13.8. The maximum Gasteiger partial charge on any atom is 0.270 e. The zero-order valence-corrected chi connectivity index (χ0v) is 13.8. The lowest BCUT2D eigenvalue weighted by atomic mass is 10.1. The number of hydrogen-bond acceptors (Lipinski definition) is 5. The van der Waals surface area contributed by atoms with Gasteiger partial charge in [-0.25, -0.2) is 4.39 Å². The van der Waals surface area contributed by atoms with Gasteiger partial charge in [0.15, 0.2) is 6.79 Å². The van der Waals surface area contributed by atoms with Crippen LogP contribution in [-0.2, 0) is 16.1 Å². The van der Waals surface area contributed by atoms with Crippen LogP contribution in [-0.4, -0.2) is 17.6 Å². The van der Waals surface area contributed by atoms with E-state index in [9.17, 15) is 19.3 Å². The summed E-state index contributed by atoms with van der Waals surface area (Å²) in [5, 5.41) is 13.5. The van der Waals surface area contributed by atoms with Crippen LogP contribution in [0, 0.1) is 22.9 Å². The third-order valence-electron chi connectivity index (χ3n) is 3.73. The monoisotopic (exact) mass is 358 g/mol. The van der Waals surface area contributed by atoms with E-state index >= 15 is 0 Å². The minimum absolute atomic E-state index is 0.0202. The molecule has 0 saturated carbocycles. The average molecular weight is 358 g/mol. The van der Waals surface area contributed by atoms with Crippen LogP contribution in [0.3, 0.4) is 0 Å². The molecule has 0 radical (unpaired) electrons. The van der Waals surface area contributed by atoms with E-state index in [1.54, 1.807) is 13.0 Å². The molecule has 1 aliphatic rings. The third kappa shape index (κ3) is 3.86. The van der Waals surface area contributed by atoms with Crippen LogP contribution in [0.5, 0.6) is 5.75 Å². The van der Waals surface area contributed by atoms with Crippen LogP contribution in [0.15, 0.2) is 36.4 Å². The first-order chi connectivity index (χ1) is 12.4. The van der Waals surface area contributed by atoms with Crippen molar-refractivity contribution in [2.24, 2.45) is 0 Å². The van der Waals surface area contributed by atoms with Crippen molar-refractivity contribution in [1.82, 2.24) is 0 Å². The molecular weight excluding hydrogens is 343 g/mol. The highest BCUT2D eigenvalue weighted by Crippen LogP contribution is 2.33. The number of aryl methyl sites for hydroxylation is 1. The third-order valence-corrected chi connectivity index (χ3v) is 3.73. The minimum atomic E-state index is -0.568. The van der Waals surface area contributed by atoms with Crippen LogP contribution in [0.4, 0.5) is 15.8 Å². The van der Waals surface area contributed by atoms with Crippen LogP contribution >= 0.6 is 0 Å². The fourth-order valence-corrected chi connectivity index (χ4v) is 2.54. The Hall–Kier alpha value is -3.26. The van der Waals surface area contributed by atoms with Gasteiger partial charge in [-0.2, -0.15) is 0 Å². The molecule has 7 nitrogen and oxygen atoms in total. The number of fused-ring (bicyclic) bond motifs is 1. The summed E-state index contributed by atoms with van der Waals surface area (Å²) in [5.74, 6) is -0.694. The molecule has 0 saturated heterocycles. The lowest BCUT2D eigenvalue weighted by Gasteiger charge is -2.19. The molecule has 0 fully saturated rings. The van der Waals surface area contributed by atoms with E-state index in [-0.39, 0.29) is 24.8 Å². The number of nitrogens with one attached hydrogen (secondary N) is 1. The highest BCUT2D eigenvalue weighted by molar-refractivity contribution is 6.02. The van der Waals surface area contributed by atoms with Gasteiger partial charge in [-0.15, -0.1) is 0 Å². The van der Waals surface area contributed by atoms with Gasteiger partial charge in [0.2, 0.25) is 5.91 Å². The number of carbonyl (C=O) groups excluding carboxylic acids is 1. The number of halogens is 1. The van der Waals surface area contributed by atoms with Crippen molar-refractivity contribution in [2.75, 3.05) is 12.1 Å². The summed E-state index contributed by atoms with van der Waals surface area (Å²) < 4.78 is 24.2.